The minimum absolute atomic E-state index is 0.00993. The van der Waals surface area contributed by atoms with E-state index in [-0.39, 0.29) is 23.4 Å². The normalized spacial score (nSPS) is 12.9. The molecular formula is C31H38ClN3O4S. The van der Waals surface area contributed by atoms with Crippen LogP contribution in [0.2, 0.25) is 5.02 Å². The van der Waals surface area contributed by atoms with Gasteiger partial charge in [0.15, 0.2) is 0 Å². The highest BCUT2D eigenvalue weighted by Gasteiger charge is 2.33. The molecule has 214 valence electrons. The topological polar surface area (TPSA) is 86.8 Å². The Balaban J connectivity index is 2.05. The quantitative estimate of drug-likeness (QED) is 0.309. The van der Waals surface area contributed by atoms with Crippen LogP contribution in [-0.4, -0.2) is 43.8 Å². The number of carbonyl (C=O) groups is 2. The van der Waals surface area contributed by atoms with Gasteiger partial charge in [-0.15, -0.1) is 0 Å². The minimum atomic E-state index is -4.15. The summed E-state index contributed by atoms with van der Waals surface area (Å²) >= 11 is 6.01. The zero-order valence-corrected chi connectivity index (χ0v) is 25.5. The van der Waals surface area contributed by atoms with Crippen molar-refractivity contribution >= 4 is 39.1 Å². The Morgan fingerprint density at radius 1 is 0.925 bits per heavy atom. The lowest BCUT2D eigenvalue weighted by Crippen LogP contribution is -2.52. The molecule has 0 heterocycles. The van der Waals surface area contributed by atoms with Gasteiger partial charge in [0, 0.05) is 17.6 Å². The third-order valence-corrected chi connectivity index (χ3v) is 9.10. The van der Waals surface area contributed by atoms with Crippen molar-refractivity contribution in [1.82, 2.24) is 10.2 Å². The molecule has 0 radical (unpaired) electrons. The van der Waals surface area contributed by atoms with Crippen LogP contribution in [0.1, 0.15) is 49.4 Å². The minimum Gasteiger partial charge on any atom is -0.352 e. The van der Waals surface area contributed by atoms with Crippen LogP contribution >= 0.6 is 11.6 Å². The van der Waals surface area contributed by atoms with E-state index in [1.54, 1.807) is 19.1 Å². The van der Waals surface area contributed by atoms with Gasteiger partial charge in [0.05, 0.1) is 10.6 Å². The van der Waals surface area contributed by atoms with Gasteiger partial charge in [-0.2, -0.15) is 0 Å². The lowest BCUT2D eigenvalue weighted by atomic mass is 10.1. The van der Waals surface area contributed by atoms with E-state index < -0.39 is 28.5 Å². The highest BCUT2D eigenvalue weighted by Crippen LogP contribution is 2.27. The first-order valence-electron chi connectivity index (χ1n) is 13.3. The van der Waals surface area contributed by atoms with Gasteiger partial charge in [-0.3, -0.25) is 13.9 Å². The number of aryl methyl sites for hydroxylation is 3. The van der Waals surface area contributed by atoms with Crippen LogP contribution in [0.15, 0.2) is 71.6 Å². The Kier molecular flexibility index (Phi) is 10.4. The van der Waals surface area contributed by atoms with Crippen molar-refractivity contribution in [3.63, 3.8) is 0 Å². The van der Waals surface area contributed by atoms with Gasteiger partial charge >= 0.3 is 0 Å². The molecule has 0 aliphatic rings. The summed E-state index contributed by atoms with van der Waals surface area (Å²) < 4.78 is 28.9. The van der Waals surface area contributed by atoms with E-state index in [4.69, 9.17) is 11.6 Å². The smallest absolute Gasteiger partial charge is 0.264 e. The third-order valence-electron chi connectivity index (χ3n) is 7.06. The summed E-state index contributed by atoms with van der Waals surface area (Å²) in [4.78, 5) is 28.6. The zero-order valence-electron chi connectivity index (χ0n) is 23.9. The maximum atomic E-state index is 14.0. The van der Waals surface area contributed by atoms with Crippen LogP contribution in [0.5, 0.6) is 0 Å². The molecule has 9 heteroatoms. The predicted molar refractivity (Wildman–Crippen MR) is 161 cm³/mol. The van der Waals surface area contributed by atoms with Crippen molar-refractivity contribution < 1.29 is 18.0 Å². The molecule has 3 rings (SSSR count). The van der Waals surface area contributed by atoms with Crippen molar-refractivity contribution in [1.29, 1.82) is 0 Å². The Morgan fingerprint density at radius 3 is 2.20 bits per heavy atom. The molecule has 1 N–H and O–H groups in total. The first-order chi connectivity index (χ1) is 18.8. The van der Waals surface area contributed by atoms with Crippen molar-refractivity contribution in [3.05, 3.63) is 94.0 Å². The second-order valence-electron chi connectivity index (χ2n) is 10.2. The summed E-state index contributed by atoms with van der Waals surface area (Å²) in [7, 11) is -4.15. The summed E-state index contributed by atoms with van der Waals surface area (Å²) in [6.07, 6.45) is 0.740. The van der Waals surface area contributed by atoms with Gasteiger partial charge in [-0.05, 0) is 94.1 Å². The fraction of sp³-hybridized carbons (Fsp3) is 0.355. The summed E-state index contributed by atoms with van der Waals surface area (Å²) in [6.45, 7) is 11.0. The Hall–Kier alpha value is -3.36. The van der Waals surface area contributed by atoms with E-state index in [1.165, 1.54) is 29.2 Å². The van der Waals surface area contributed by atoms with E-state index in [1.807, 2.05) is 65.0 Å². The average molecular weight is 584 g/mol. The molecule has 0 saturated carbocycles. The lowest BCUT2D eigenvalue weighted by molar-refractivity contribution is -0.139. The molecule has 0 fully saturated rings. The predicted octanol–water partition coefficient (Wildman–Crippen LogP) is 5.79. The summed E-state index contributed by atoms with van der Waals surface area (Å²) in [5, 5.41) is 3.35. The van der Waals surface area contributed by atoms with Crippen molar-refractivity contribution in [2.45, 2.75) is 71.5 Å². The number of hydrogen-bond acceptors (Lipinski definition) is 4. The molecule has 40 heavy (non-hydrogen) atoms. The molecule has 0 bridgehead atoms. The number of nitrogens with one attached hydrogen (secondary N) is 1. The average Bonchev–Trinajstić information content (AvgIpc) is 2.91. The van der Waals surface area contributed by atoms with Gasteiger partial charge in [-0.1, -0.05) is 54.4 Å². The molecule has 3 aromatic rings. The third kappa shape index (κ3) is 7.64. The Bertz CT molecular complexity index is 1460. The van der Waals surface area contributed by atoms with Gasteiger partial charge < -0.3 is 10.2 Å². The molecule has 0 spiro atoms. The molecular weight excluding hydrogens is 546 g/mol. The molecule has 0 unspecified atom stereocenters. The summed E-state index contributed by atoms with van der Waals surface area (Å²) in [6, 6.07) is 17.9. The van der Waals surface area contributed by atoms with Crippen molar-refractivity contribution in [2.75, 3.05) is 10.8 Å². The number of benzene rings is 3. The van der Waals surface area contributed by atoms with Gasteiger partial charge in [0.1, 0.15) is 12.6 Å². The molecule has 0 aliphatic carbocycles. The van der Waals surface area contributed by atoms with Crippen LogP contribution in [0.25, 0.3) is 0 Å². The van der Waals surface area contributed by atoms with E-state index >= 15 is 0 Å². The second kappa shape index (κ2) is 13.3. The zero-order chi connectivity index (χ0) is 29.6. The molecule has 2 atom stereocenters. The number of hydrogen-bond donors (Lipinski definition) is 1. The lowest BCUT2D eigenvalue weighted by Gasteiger charge is -2.32. The van der Waals surface area contributed by atoms with Crippen LogP contribution in [-0.2, 0) is 26.2 Å². The van der Waals surface area contributed by atoms with Crippen molar-refractivity contribution in [3.8, 4) is 0 Å². The number of halogens is 1. The van der Waals surface area contributed by atoms with E-state index in [2.05, 4.69) is 5.32 Å². The maximum Gasteiger partial charge on any atom is 0.264 e. The van der Waals surface area contributed by atoms with Crippen molar-refractivity contribution in [2.24, 2.45) is 0 Å². The van der Waals surface area contributed by atoms with Crippen LogP contribution in [0.4, 0.5) is 5.69 Å². The SMILES string of the molecule is CC[C@@H](C)NC(=O)[C@H](C)N(Cc1cccc(C)c1)C(=O)CN(c1ccc(C)c(C)c1)S(=O)(=O)c1ccc(Cl)cc1. The molecule has 0 saturated heterocycles. The van der Waals surface area contributed by atoms with Crippen LogP contribution < -0.4 is 9.62 Å². The first-order valence-corrected chi connectivity index (χ1v) is 15.2. The standard InChI is InChI=1S/C31H38ClN3O4S/c1-7-24(5)33-31(37)25(6)34(19-26-10-8-9-21(2)17-26)30(36)20-35(28-14-11-22(3)23(4)18-28)40(38,39)29-15-12-27(32)13-16-29/h8-18,24-25H,7,19-20H2,1-6H3,(H,33,37)/t24-,25+/m1/s1. The number of nitrogens with zero attached hydrogens (tertiary/aromatic N) is 2. The molecule has 0 aliphatic heterocycles. The Labute approximate surface area is 243 Å². The molecule has 7 nitrogen and oxygen atoms in total. The molecule has 2 amide bonds. The largest absolute Gasteiger partial charge is 0.352 e. The fourth-order valence-electron chi connectivity index (χ4n) is 4.20. The number of sulfonamides is 1. The number of carbonyl (C=O) groups excluding carboxylic acids is 2. The second-order valence-corrected chi connectivity index (χ2v) is 12.5. The molecule has 3 aromatic carbocycles. The van der Waals surface area contributed by atoms with Crippen LogP contribution in [0, 0.1) is 20.8 Å². The monoisotopic (exact) mass is 583 g/mol. The van der Waals surface area contributed by atoms with E-state index in [0.717, 1.165) is 33.0 Å². The fourth-order valence-corrected chi connectivity index (χ4v) is 5.73. The van der Waals surface area contributed by atoms with E-state index in [0.29, 0.717) is 10.7 Å². The number of rotatable bonds is 11. The van der Waals surface area contributed by atoms with Gasteiger partial charge in [0.2, 0.25) is 11.8 Å². The van der Waals surface area contributed by atoms with Gasteiger partial charge in [-0.25, -0.2) is 8.42 Å². The number of anilines is 1. The first kappa shape index (κ1) is 31.2. The van der Waals surface area contributed by atoms with E-state index in [9.17, 15) is 18.0 Å². The van der Waals surface area contributed by atoms with Gasteiger partial charge in [0.25, 0.3) is 10.0 Å². The Morgan fingerprint density at radius 2 is 1.60 bits per heavy atom. The van der Waals surface area contributed by atoms with Crippen LogP contribution in [0.3, 0.4) is 0 Å². The molecule has 0 aromatic heterocycles. The highest BCUT2D eigenvalue weighted by atomic mass is 35.5. The number of amides is 2. The summed E-state index contributed by atoms with van der Waals surface area (Å²) in [5.74, 6) is -0.794. The summed E-state index contributed by atoms with van der Waals surface area (Å²) in [5.41, 5.74) is 4.10. The maximum absolute atomic E-state index is 14.0. The highest BCUT2D eigenvalue weighted by molar-refractivity contribution is 7.92.